The van der Waals surface area contributed by atoms with E-state index in [1.807, 2.05) is 22.9 Å². The highest BCUT2D eigenvalue weighted by molar-refractivity contribution is 5.79. The van der Waals surface area contributed by atoms with E-state index < -0.39 is 0 Å². The summed E-state index contributed by atoms with van der Waals surface area (Å²) in [6.07, 6.45) is 2.76. The van der Waals surface area contributed by atoms with Crippen molar-refractivity contribution >= 4 is 10.9 Å². The molecule has 2 heterocycles. The number of H-pyrrole nitrogens is 1. The number of hydrogen-bond donors (Lipinski definition) is 1. The second-order valence-electron chi connectivity index (χ2n) is 9.52. The van der Waals surface area contributed by atoms with Gasteiger partial charge in [0.2, 0.25) is 0 Å². The Morgan fingerprint density at radius 1 is 1.00 bits per heavy atom. The lowest BCUT2D eigenvalue weighted by atomic mass is 10.0. The van der Waals surface area contributed by atoms with Gasteiger partial charge in [0.15, 0.2) is 5.82 Å². The second kappa shape index (κ2) is 10.3. The van der Waals surface area contributed by atoms with E-state index in [9.17, 15) is 4.79 Å². The van der Waals surface area contributed by atoms with Gasteiger partial charge in [0.05, 0.1) is 12.1 Å². The van der Waals surface area contributed by atoms with Gasteiger partial charge in [-0.05, 0) is 78.2 Å². The van der Waals surface area contributed by atoms with E-state index in [4.69, 9.17) is 0 Å². The van der Waals surface area contributed by atoms with Crippen molar-refractivity contribution in [3.8, 4) is 0 Å². The maximum atomic E-state index is 12.9. The van der Waals surface area contributed by atoms with Crippen LogP contribution < -0.4 is 5.56 Å². The average Bonchev–Trinajstić information content (AvgIpc) is 3.32. The van der Waals surface area contributed by atoms with Gasteiger partial charge in [-0.3, -0.25) is 9.69 Å². The molecule has 4 aromatic rings. The zero-order valence-corrected chi connectivity index (χ0v) is 20.6. The van der Waals surface area contributed by atoms with Crippen LogP contribution in [0.25, 0.3) is 10.9 Å². The molecule has 0 amide bonds. The first-order valence-electron chi connectivity index (χ1n) is 12.1. The molecule has 2 aromatic carbocycles. The summed E-state index contributed by atoms with van der Waals surface area (Å²) in [6, 6.07) is 18.7. The standard InChI is InChI=1S/C27H34N6O/c1-5-20-12-13-24-22(16-20)17-23(26(34)28-24)18-32(15-14-21-10-8-7-9-11-21)19-25-29-30-31-33(25)27(3,4)6-2/h7-13,16-17H,5-6,14-15,18-19H2,1-4H3,(H,28,34). The first kappa shape index (κ1) is 23.8. The van der Waals surface area contributed by atoms with Crippen molar-refractivity contribution in [2.75, 3.05) is 6.54 Å². The molecule has 2 aromatic heterocycles. The summed E-state index contributed by atoms with van der Waals surface area (Å²) >= 11 is 0. The minimum absolute atomic E-state index is 0.0464. The van der Waals surface area contributed by atoms with Crippen molar-refractivity contribution in [3.63, 3.8) is 0 Å². The normalized spacial score (nSPS) is 12.0. The zero-order valence-electron chi connectivity index (χ0n) is 20.6. The molecule has 7 heteroatoms. The molecule has 7 nitrogen and oxygen atoms in total. The molecule has 0 fully saturated rings. The van der Waals surface area contributed by atoms with Crippen molar-refractivity contribution in [2.45, 2.75) is 65.6 Å². The lowest BCUT2D eigenvalue weighted by Crippen LogP contribution is -2.33. The predicted octanol–water partition coefficient (Wildman–Crippen LogP) is 4.47. The van der Waals surface area contributed by atoms with Crippen LogP contribution in [0, 0.1) is 0 Å². The molecule has 178 valence electrons. The molecule has 0 saturated carbocycles. The maximum absolute atomic E-state index is 12.9. The van der Waals surface area contributed by atoms with Gasteiger partial charge in [-0.25, -0.2) is 4.68 Å². The zero-order chi connectivity index (χ0) is 24.1. The Labute approximate surface area is 200 Å². The van der Waals surface area contributed by atoms with Gasteiger partial charge in [-0.2, -0.15) is 0 Å². The molecule has 4 rings (SSSR count). The van der Waals surface area contributed by atoms with Crippen LogP contribution in [0.1, 0.15) is 56.6 Å². The third kappa shape index (κ3) is 5.42. The van der Waals surface area contributed by atoms with Crippen LogP contribution in [0.2, 0.25) is 0 Å². The summed E-state index contributed by atoms with van der Waals surface area (Å²) in [7, 11) is 0. The molecule has 0 aliphatic heterocycles. The summed E-state index contributed by atoms with van der Waals surface area (Å²) in [5.74, 6) is 0.811. The number of aryl methyl sites for hydroxylation is 1. The Hall–Kier alpha value is -3.32. The van der Waals surface area contributed by atoms with Gasteiger partial charge in [0.1, 0.15) is 0 Å². The fourth-order valence-electron chi connectivity index (χ4n) is 4.15. The molecule has 1 N–H and O–H groups in total. The van der Waals surface area contributed by atoms with E-state index in [1.165, 1.54) is 11.1 Å². The van der Waals surface area contributed by atoms with Crippen molar-refractivity contribution in [2.24, 2.45) is 0 Å². The number of aromatic amines is 1. The molecule has 0 atom stereocenters. The van der Waals surface area contributed by atoms with Gasteiger partial charge in [-0.15, -0.1) is 5.10 Å². The van der Waals surface area contributed by atoms with E-state index in [2.05, 4.69) is 89.5 Å². The monoisotopic (exact) mass is 458 g/mol. The van der Waals surface area contributed by atoms with Crippen molar-refractivity contribution in [3.05, 3.63) is 87.5 Å². The van der Waals surface area contributed by atoms with E-state index in [0.717, 1.165) is 48.1 Å². The Bertz CT molecular complexity index is 1290. The van der Waals surface area contributed by atoms with Crippen LogP contribution in [0.5, 0.6) is 0 Å². The maximum Gasteiger partial charge on any atom is 0.252 e. The van der Waals surface area contributed by atoms with Crippen molar-refractivity contribution in [1.29, 1.82) is 0 Å². The predicted molar refractivity (Wildman–Crippen MR) is 136 cm³/mol. The molecule has 34 heavy (non-hydrogen) atoms. The number of hydrogen-bond acceptors (Lipinski definition) is 5. The van der Waals surface area contributed by atoms with Crippen LogP contribution in [-0.2, 0) is 31.5 Å². The third-order valence-electron chi connectivity index (χ3n) is 6.69. The van der Waals surface area contributed by atoms with Crippen molar-refractivity contribution in [1.82, 2.24) is 30.1 Å². The fraction of sp³-hybridized carbons (Fsp3) is 0.407. The molecular weight excluding hydrogens is 424 g/mol. The van der Waals surface area contributed by atoms with Crippen LogP contribution in [0.4, 0.5) is 0 Å². The van der Waals surface area contributed by atoms with Crippen LogP contribution in [0.15, 0.2) is 59.4 Å². The largest absolute Gasteiger partial charge is 0.322 e. The number of benzene rings is 2. The van der Waals surface area contributed by atoms with Gasteiger partial charge < -0.3 is 4.98 Å². The number of fused-ring (bicyclic) bond motifs is 1. The third-order valence-corrected chi connectivity index (χ3v) is 6.69. The summed E-state index contributed by atoms with van der Waals surface area (Å²) in [4.78, 5) is 18.3. The minimum atomic E-state index is -0.180. The van der Waals surface area contributed by atoms with E-state index in [0.29, 0.717) is 13.1 Å². The molecular formula is C27H34N6O. The Balaban J connectivity index is 1.64. The average molecular weight is 459 g/mol. The highest BCUT2D eigenvalue weighted by Gasteiger charge is 2.24. The van der Waals surface area contributed by atoms with Gasteiger partial charge >= 0.3 is 0 Å². The Morgan fingerprint density at radius 2 is 1.79 bits per heavy atom. The smallest absolute Gasteiger partial charge is 0.252 e. The van der Waals surface area contributed by atoms with E-state index in [1.54, 1.807) is 0 Å². The second-order valence-corrected chi connectivity index (χ2v) is 9.52. The quantitative estimate of drug-likeness (QED) is 0.379. The first-order valence-corrected chi connectivity index (χ1v) is 12.1. The topological polar surface area (TPSA) is 79.7 Å². The van der Waals surface area contributed by atoms with Gasteiger partial charge in [-0.1, -0.05) is 50.2 Å². The van der Waals surface area contributed by atoms with Crippen LogP contribution in [-0.4, -0.2) is 36.6 Å². The Kier molecular flexibility index (Phi) is 7.22. The summed E-state index contributed by atoms with van der Waals surface area (Å²) < 4.78 is 1.92. The lowest BCUT2D eigenvalue weighted by Gasteiger charge is -2.27. The molecule has 0 spiro atoms. The summed E-state index contributed by atoms with van der Waals surface area (Å²) in [6.45, 7) is 10.4. The van der Waals surface area contributed by atoms with Gasteiger partial charge in [0.25, 0.3) is 5.56 Å². The molecule has 0 aliphatic carbocycles. The van der Waals surface area contributed by atoms with Crippen LogP contribution >= 0.6 is 0 Å². The number of nitrogens with one attached hydrogen (secondary N) is 1. The van der Waals surface area contributed by atoms with Crippen LogP contribution in [0.3, 0.4) is 0 Å². The number of tetrazole rings is 1. The number of pyridine rings is 1. The fourth-order valence-corrected chi connectivity index (χ4v) is 4.15. The van der Waals surface area contributed by atoms with Gasteiger partial charge in [0, 0.05) is 24.2 Å². The number of aromatic nitrogens is 5. The Morgan fingerprint density at radius 3 is 2.53 bits per heavy atom. The number of nitrogens with zero attached hydrogens (tertiary/aromatic N) is 5. The molecule has 0 radical (unpaired) electrons. The SMILES string of the molecule is CCc1ccc2[nH]c(=O)c(CN(CCc3ccccc3)Cc3nnnn3C(C)(C)CC)cc2c1. The highest BCUT2D eigenvalue weighted by Crippen LogP contribution is 2.21. The summed E-state index contributed by atoms with van der Waals surface area (Å²) in [5.41, 5.74) is 3.92. The summed E-state index contributed by atoms with van der Waals surface area (Å²) in [5, 5.41) is 13.6. The highest BCUT2D eigenvalue weighted by atomic mass is 16.1. The number of rotatable bonds is 10. The molecule has 0 aliphatic rings. The molecule has 0 bridgehead atoms. The van der Waals surface area contributed by atoms with E-state index in [-0.39, 0.29) is 11.1 Å². The molecule has 0 unspecified atom stereocenters. The first-order chi connectivity index (χ1) is 16.4. The van der Waals surface area contributed by atoms with E-state index >= 15 is 0 Å². The lowest BCUT2D eigenvalue weighted by molar-refractivity contribution is 0.225. The minimum Gasteiger partial charge on any atom is -0.322 e. The molecule has 0 saturated heterocycles. The van der Waals surface area contributed by atoms with Crippen molar-refractivity contribution < 1.29 is 0 Å².